The standard InChI is InChI=1S/C19H27NO7S/c1-5-26-17(21)19(2,28(4,23)24)12-16-13-20(18(22)27-16)15-8-6-14(7-9-15)10-11-25-3/h6-9,16H,5,10-13H2,1-4H3. The van der Waals surface area contributed by atoms with E-state index in [2.05, 4.69) is 0 Å². The molecular weight excluding hydrogens is 386 g/mol. The van der Waals surface area contributed by atoms with Crippen molar-refractivity contribution in [1.82, 2.24) is 0 Å². The summed E-state index contributed by atoms with van der Waals surface area (Å²) in [6.07, 6.45) is 0.255. The summed E-state index contributed by atoms with van der Waals surface area (Å²) < 4.78 is 38.0. The van der Waals surface area contributed by atoms with Gasteiger partial charge >= 0.3 is 12.1 Å². The molecule has 2 atom stereocenters. The Labute approximate surface area is 165 Å². The summed E-state index contributed by atoms with van der Waals surface area (Å²) in [6.45, 7) is 3.73. The van der Waals surface area contributed by atoms with Gasteiger partial charge in [-0.05, 0) is 38.0 Å². The number of carbonyl (C=O) groups is 2. The number of cyclic esters (lactones) is 1. The molecule has 8 nitrogen and oxygen atoms in total. The van der Waals surface area contributed by atoms with Crippen LogP contribution in [0.15, 0.2) is 24.3 Å². The van der Waals surface area contributed by atoms with Crippen LogP contribution in [0.1, 0.15) is 25.8 Å². The van der Waals surface area contributed by atoms with Crippen LogP contribution in [0.4, 0.5) is 10.5 Å². The number of benzene rings is 1. The van der Waals surface area contributed by atoms with E-state index in [-0.39, 0.29) is 19.6 Å². The third kappa shape index (κ3) is 4.82. The summed E-state index contributed by atoms with van der Waals surface area (Å²) in [5, 5.41) is 0. The molecule has 0 aliphatic carbocycles. The van der Waals surface area contributed by atoms with Crippen molar-refractivity contribution < 1.29 is 32.2 Å². The lowest BCUT2D eigenvalue weighted by atomic mass is 10.0. The van der Waals surface area contributed by atoms with Crippen molar-refractivity contribution in [3.63, 3.8) is 0 Å². The van der Waals surface area contributed by atoms with Gasteiger partial charge in [-0.2, -0.15) is 0 Å². The Kier molecular flexibility index (Phi) is 7.06. The molecule has 1 amide bonds. The van der Waals surface area contributed by atoms with E-state index in [1.807, 2.05) is 12.1 Å². The second-order valence-electron chi connectivity index (χ2n) is 6.95. The first-order valence-electron chi connectivity index (χ1n) is 9.05. The maximum atomic E-state index is 12.3. The van der Waals surface area contributed by atoms with E-state index in [1.54, 1.807) is 26.2 Å². The van der Waals surface area contributed by atoms with E-state index in [0.29, 0.717) is 12.3 Å². The predicted molar refractivity (Wildman–Crippen MR) is 104 cm³/mol. The summed E-state index contributed by atoms with van der Waals surface area (Å²) in [7, 11) is -2.15. The maximum absolute atomic E-state index is 12.3. The minimum atomic E-state index is -3.78. The molecular formula is C19H27NO7S. The first-order valence-corrected chi connectivity index (χ1v) is 10.9. The molecule has 0 aromatic heterocycles. The number of carbonyl (C=O) groups excluding carboxylic acids is 2. The number of methoxy groups -OCH3 is 1. The van der Waals surface area contributed by atoms with Gasteiger partial charge in [0.25, 0.3) is 0 Å². The molecule has 0 saturated carbocycles. The Morgan fingerprint density at radius 3 is 2.50 bits per heavy atom. The molecule has 0 bridgehead atoms. The Morgan fingerprint density at radius 2 is 1.96 bits per heavy atom. The lowest BCUT2D eigenvalue weighted by Gasteiger charge is -2.27. The Morgan fingerprint density at radius 1 is 1.32 bits per heavy atom. The average molecular weight is 413 g/mol. The van der Waals surface area contributed by atoms with Crippen molar-refractivity contribution in [3.8, 4) is 0 Å². The van der Waals surface area contributed by atoms with Crippen LogP contribution in [-0.2, 0) is 35.3 Å². The summed E-state index contributed by atoms with van der Waals surface area (Å²) in [4.78, 5) is 26.0. The van der Waals surface area contributed by atoms with Gasteiger partial charge in [-0.25, -0.2) is 13.2 Å². The molecule has 0 spiro atoms. The minimum Gasteiger partial charge on any atom is -0.465 e. The number of ether oxygens (including phenoxy) is 3. The molecule has 1 aromatic carbocycles. The molecule has 1 saturated heterocycles. The van der Waals surface area contributed by atoms with Crippen LogP contribution in [0.3, 0.4) is 0 Å². The third-order valence-electron chi connectivity index (χ3n) is 4.86. The monoisotopic (exact) mass is 413 g/mol. The molecule has 28 heavy (non-hydrogen) atoms. The number of esters is 1. The first-order chi connectivity index (χ1) is 13.1. The molecule has 1 aliphatic heterocycles. The van der Waals surface area contributed by atoms with Crippen molar-refractivity contribution in [3.05, 3.63) is 29.8 Å². The zero-order valence-electron chi connectivity index (χ0n) is 16.6. The quantitative estimate of drug-likeness (QED) is 0.571. The van der Waals surface area contributed by atoms with Crippen molar-refractivity contribution >= 4 is 27.6 Å². The zero-order chi connectivity index (χ0) is 20.9. The SMILES string of the molecule is CCOC(=O)C(C)(CC1CN(c2ccc(CCOC)cc2)C(=O)O1)S(C)(=O)=O. The smallest absolute Gasteiger partial charge is 0.414 e. The third-order valence-corrected chi connectivity index (χ3v) is 6.83. The molecule has 2 rings (SSSR count). The highest BCUT2D eigenvalue weighted by molar-refractivity contribution is 7.92. The normalized spacial score (nSPS) is 19.2. The summed E-state index contributed by atoms with van der Waals surface area (Å²) in [6, 6.07) is 7.40. The molecule has 1 aliphatic rings. The van der Waals surface area contributed by atoms with Crippen molar-refractivity contribution in [2.24, 2.45) is 0 Å². The van der Waals surface area contributed by atoms with Gasteiger partial charge < -0.3 is 14.2 Å². The molecule has 2 unspecified atom stereocenters. The van der Waals surface area contributed by atoms with Crippen LogP contribution in [0.5, 0.6) is 0 Å². The lowest BCUT2D eigenvalue weighted by Crippen LogP contribution is -2.47. The number of rotatable bonds is 9. The van der Waals surface area contributed by atoms with E-state index in [1.165, 1.54) is 11.8 Å². The largest absolute Gasteiger partial charge is 0.465 e. The van der Waals surface area contributed by atoms with Gasteiger partial charge in [-0.1, -0.05) is 12.1 Å². The summed E-state index contributed by atoms with van der Waals surface area (Å²) >= 11 is 0. The van der Waals surface area contributed by atoms with Gasteiger partial charge in [0.15, 0.2) is 14.6 Å². The second-order valence-corrected chi connectivity index (χ2v) is 9.40. The van der Waals surface area contributed by atoms with E-state index < -0.39 is 32.8 Å². The van der Waals surface area contributed by atoms with E-state index in [9.17, 15) is 18.0 Å². The fraction of sp³-hybridized carbons (Fsp3) is 0.579. The van der Waals surface area contributed by atoms with E-state index in [4.69, 9.17) is 14.2 Å². The number of hydrogen-bond acceptors (Lipinski definition) is 7. The lowest BCUT2D eigenvalue weighted by molar-refractivity contribution is -0.146. The minimum absolute atomic E-state index is 0.0654. The number of sulfone groups is 1. The second kappa shape index (κ2) is 8.91. The van der Waals surface area contributed by atoms with Gasteiger partial charge in [0.1, 0.15) is 6.10 Å². The Bertz CT molecular complexity index is 806. The Hall–Kier alpha value is -2.13. The zero-order valence-corrected chi connectivity index (χ0v) is 17.5. The fourth-order valence-corrected chi connectivity index (χ4v) is 3.86. The van der Waals surface area contributed by atoms with Crippen LogP contribution >= 0.6 is 0 Å². The van der Waals surface area contributed by atoms with Crippen molar-refractivity contribution in [2.45, 2.75) is 37.5 Å². The maximum Gasteiger partial charge on any atom is 0.414 e. The highest BCUT2D eigenvalue weighted by Crippen LogP contribution is 2.30. The van der Waals surface area contributed by atoms with Gasteiger partial charge in [-0.15, -0.1) is 0 Å². The number of anilines is 1. The predicted octanol–water partition coefficient (Wildman–Crippen LogP) is 1.96. The highest BCUT2D eigenvalue weighted by atomic mass is 32.2. The molecule has 156 valence electrons. The highest BCUT2D eigenvalue weighted by Gasteiger charge is 2.49. The average Bonchev–Trinajstić information content (AvgIpc) is 2.99. The van der Waals surface area contributed by atoms with Crippen LogP contribution in [0.2, 0.25) is 0 Å². The van der Waals surface area contributed by atoms with Gasteiger partial charge in [0.2, 0.25) is 0 Å². The molecule has 1 heterocycles. The van der Waals surface area contributed by atoms with Gasteiger partial charge in [-0.3, -0.25) is 9.69 Å². The van der Waals surface area contributed by atoms with E-state index >= 15 is 0 Å². The van der Waals surface area contributed by atoms with Crippen LogP contribution in [-0.4, -0.2) is 64.5 Å². The van der Waals surface area contributed by atoms with Crippen LogP contribution in [0, 0.1) is 0 Å². The number of nitrogens with zero attached hydrogens (tertiary/aromatic N) is 1. The van der Waals surface area contributed by atoms with Crippen molar-refractivity contribution in [1.29, 1.82) is 0 Å². The van der Waals surface area contributed by atoms with Crippen LogP contribution in [0.25, 0.3) is 0 Å². The first kappa shape index (κ1) is 22.2. The van der Waals surface area contributed by atoms with Crippen LogP contribution < -0.4 is 4.90 Å². The molecule has 9 heteroatoms. The fourth-order valence-electron chi connectivity index (χ4n) is 3.01. The summed E-state index contributed by atoms with van der Waals surface area (Å²) in [5.41, 5.74) is 1.72. The van der Waals surface area contributed by atoms with E-state index in [0.717, 1.165) is 18.2 Å². The molecule has 0 radical (unpaired) electrons. The molecule has 1 fully saturated rings. The summed E-state index contributed by atoms with van der Waals surface area (Å²) in [5.74, 6) is -0.838. The Balaban J connectivity index is 2.13. The number of hydrogen-bond donors (Lipinski definition) is 0. The van der Waals surface area contributed by atoms with Gasteiger partial charge in [0, 0.05) is 25.5 Å². The topological polar surface area (TPSA) is 99.2 Å². The molecule has 1 aromatic rings. The number of amides is 1. The van der Waals surface area contributed by atoms with Crippen molar-refractivity contribution in [2.75, 3.05) is 38.0 Å². The van der Waals surface area contributed by atoms with Gasteiger partial charge in [0.05, 0.1) is 19.8 Å². The molecule has 0 N–H and O–H groups in total.